The van der Waals surface area contributed by atoms with Crippen molar-refractivity contribution in [3.63, 3.8) is 0 Å². The molecule has 0 unspecified atom stereocenters. The fourth-order valence-electron chi connectivity index (χ4n) is 4.25. The summed E-state index contributed by atoms with van der Waals surface area (Å²) >= 11 is 0. The zero-order valence-corrected chi connectivity index (χ0v) is 25.3. The number of hydrogen-bond donors (Lipinski definition) is 7. The lowest BCUT2D eigenvalue weighted by Crippen LogP contribution is -2.54. The van der Waals surface area contributed by atoms with Crippen LogP contribution < -0.4 is 32.3 Å². The Morgan fingerprint density at radius 2 is 1.24 bits per heavy atom. The Hall–Kier alpha value is -5.23. The highest BCUT2D eigenvalue weighted by atomic mass is 16.3. The van der Waals surface area contributed by atoms with Gasteiger partial charge in [-0.1, -0.05) is 72.3 Å². The fraction of sp³-hybridized carbons (Fsp3) is 0.303. The number of benzene rings is 3. The van der Waals surface area contributed by atoms with Crippen LogP contribution in [0, 0.1) is 6.92 Å². The molecule has 0 spiro atoms. The quantitative estimate of drug-likeness (QED) is 0.128. The molecule has 3 aromatic carbocycles. The Labute approximate surface area is 262 Å². The number of aromatic hydroxyl groups is 1. The molecule has 0 aliphatic carbocycles. The molecule has 0 saturated heterocycles. The van der Waals surface area contributed by atoms with E-state index in [1.54, 1.807) is 12.1 Å². The van der Waals surface area contributed by atoms with Gasteiger partial charge in [-0.25, -0.2) is 0 Å². The molecule has 238 valence electrons. The molecule has 3 aromatic rings. The van der Waals surface area contributed by atoms with Gasteiger partial charge in [0.1, 0.15) is 17.8 Å². The highest BCUT2D eigenvalue weighted by molar-refractivity contribution is 5.94. The summed E-state index contributed by atoms with van der Waals surface area (Å²) in [4.78, 5) is 63.2. The molecule has 12 nitrogen and oxygen atoms in total. The van der Waals surface area contributed by atoms with Gasteiger partial charge >= 0.3 is 0 Å². The predicted octanol–water partition coefficient (Wildman–Crippen LogP) is 0.351. The summed E-state index contributed by atoms with van der Waals surface area (Å²) in [6, 6.07) is 20.1. The van der Waals surface area contributed by atoms with Crippen LogP contribution in [0.2, 0.25) is 0 Å². The van der Waals surface area contributed by atoms with Gasteiger partial charge in [-0.05, 0) is 49.1 Å². The van der Waals surface area contributed by atoms with Crippen LogP contribution in [0.15, 0.2) is 78.9 Å². The summed E-state index contributed by atoms with van der Waals surface area (Å²) in [5, 5.41) is 22.3. The normalized spacial score (nSPS) is 12.6. The number of phenols is 1. The third kappa shape index (κ3) is 12.1. The van der Waals surface area contributed by atoms with Gasteiger partial charge in [0.15, 0.2) is 0 Å². The second-order valence-electron chi connectivity index (χ2n) is 10.7. The average Bonchev–Trinajstić information content (AvgIpc) is 3.03. The van der Waals surface area contributed by atoms with Crippen LogP contribution in [-0.4, -0.2) is 65.9 Å². The molecule has 0 aliphatic heterocycles. The molecule has 3 atom stereocenters. The van der Waals surface area contributed by atoms with E-state index in [4.69, 9.17) is 5.73 Å². The van der Waals surface area contributed by atoms with Crippen molar-refractivity contribution >= 4 is 29.5 Å². The molecular weight excluding hydrogens is 576 g/mol. The monoisotopic (exact) mass is 616 g/mol. The highest BCUT2D eigenvalue weighted by Gasteiger charge is 2.24. The van der Waals surface area contributed by atoms with Gasteiger partial charge in [0, 0.05) is 13.0 Å². The van der Waals surface area contributed by atoms with Crippen molar-refractivity contribution in [3.05, 3.63) is 101 Å². The van der Waals surface area contributed by atoms with Crippen molar-refractivity contribution in [3.8, 4) is 5.75 Å². The topological polar surface area (TPSA) is 192 Å². The molecule has 45 heavy (non-hydrogen) atoms. The standard InChI is InChI=1S/C33H40N6O6/c1-21-8-10-24(11-9-21)17-28(33(45)37-19-29(41)35-18-25-6-4-3-5-7-25)39-30(42)20-36-31(43)22(2)38-32(44)27(34)16-23-12-14-26(40)15-13-23/h3-15,22,27-28,40H,16-20,34H2,1-2H3,(H,35,41)(H,36,43)(H,37,45)(H,38,44)(H,39,42)/t22-,27+,28+/m1/s1. The van der Waals surface area contributed by atoms with Gasteiger partial charge in [-0.15, -0.1) is 0 Å². The van der Waals surface area contributed by atoms with Crippen LogP contribution in [0.25, 0.3) is 0 Å². The molecule has 0 saturated carbocycles. The van der Waals surface area contributed by atoms with Gasteiger partial charge in [-0.2, -0.15) is 0 Å². The number of carbonyl (C=O) groups is 5. The Morgan fingerprint density at radius 3 is 1.91 bits per heavy atom. The number of carbonyl (C=O) groups excluding carboxylic acids is 5. The van der Waals surface area contributed by atoms with Crippen LogP contribution in [0.1, 0.15) is 29.2 Å². The number of aryl methyl sites for hydroxylation is 1. The van der Waals surface area contributed by atoms with E-state index in [2.05, 4.69) is 26.6 Å². The van der Waals surface area contributed by atoms with E-state index in [0.29, 0.717) is 6.54 Å². The van der Waals surface area contributed by atoms with Crippen LogP contribution in [-0.2, 0) is 43.4 Å². The van der Waals surface area contributed by atoms with E-state index in [0.717, 1.165) is 22.3 Å². The average molecular weight is 617 g/mol. The molecule has 5 amide bonds. The predicted molar refractivity (Wildman–Crippen MR) is 169 cm³/mol. The van der Waals surface area contributed by atoms with Crippen LogP contribution in [0.5, 0.6) is 5.75 Å². The zero-order chi connectivity index (χ0) is 32.8. The first-order valence-corrected chi connectivity index (χ1v) is 14.5. The van der Waals surface area contributed by atoms with Gasteiger partial charge in [0.2, 0.25) is 29.5 Å². The summed E-state index contributed by atoms with van der Waals surface area (Å²) in [6.45, 7) is 2.96. The maximum Gasteiger partial charge on any atom is 0.243 e. The van der Waals surface area contributed by atoms with Crippen molar-refractivity contribution in [2.24, 2.45) is 5.73 Å². The van der Waals surface area contributed by atoms with Crippen molar-refractivity contribution < 1.29 is 29.1 Å². The number of hydrogen-bond acceptors (Lipinski definition) is 7. The van der Waals surface area contributed by atoms with E-state index in [1.165, 1.54) is 19.1 Å². The third-order valence-corrected chi connectivity index (χ3v) is 6.87. The van der Waals surface area contributed by atoms with Crippen molar-refractivity contribution in [2.45, 2.75) is 51.4 Å². The van der Waals surface area contributed by atoms with E-state index in [9.17, 15) is 29.1 Å². The lowest BCUT2D eigenvalue weighted by atomic mass is 10.0. The maximum atomic E-state index is 13.0. The van der Waals surface area contributed by atoms with E-state index < -0.39 is 54.2 Å². The molecule has 0 aliphatic rings. The molecule has 0 fully saturated rings. The van der Waals surface area contributed by atoms with Crippen LogP contribution in [0.4, 0.5) is 0 Å². The Morgan fingerprint density at radius 1 is 0.667 bits per heavy atom. The lowest BCUT2D eigenvalue weighted by molar-refractivity contribution is -0.132. The molecule has 0 aromatic heterocycles. The molecule has 0 bridgehead atoms. The lowest BCUT2D eigenvalue weighted by Gasteiger charge is -2.20. The number of rotatable bonds is 15. The molecule has 12 heteroatoms. The summed E-state index contributed by atoms with van der Waals surface area (Å²) in [6.07, 6.45) is 0.352. The molecule has 0 heterocycles. The molecular formula is C33H40N6O6. The smallest absolute Gasteiger partial charge is 0.243 e. The first-order valence-electron chi connectivity index (χ1n) is 14.5. The molecule has 3 rings (SSSR count). The Kier molecular flexibility index (Phi) is 13.1. The number of nitrogens with two attached hydrogens (primary N) is 1. The minimum absolute atomic E-state index is 0.0927. The number of nitrogens with one attached hydrogen (secondary N) is 5. The van der Waals surface area contributed by atoms with Gasteiger partial charge in [0.25, 0.3) is 0 Å². The Bertz CT molecular complexity index is 1450. The summed E-state index contributed by atoms with van der Waals surface area (Å²) < 4.78 is 0. The van der Waals surface area contributed by atoms with Crippen molar-refractivity contribution in [1.82, 2.24) is 26.6 Å². The number of amides is 5. The largest absolute Gasteiger partial charge is 0.508 e. The second kappa shape index (κ2) is 17.2. The minimum Gasteiger partial charge on any atom is -0.508 e. The van der Waals surface area contributed by atoms with Crippen molar-refractivity contribution in [1.29, 1.82) is 0 Å². The zero-order valence-electron chi connectivity index (χ0n) is 25.3. The molecule has 8 N–H and O–H groups in total. The minimum atomic E-state index is -1.02. The maximum absolute atomic E-state index is 13.0. The van der Waals surface area contributed by atoms with Gasteiger partial charge < -0.3 is 37.4 Å². The van der Waals surface area contributed by atoms with E-state index >= 15 is 0 Å². The van der Waals surface area contributed by atoms with E-state index in [-0.39, 0.29) is 25.1 Å². The summed E-state index contributed by atoms with van der Waals surface area (Å²) in [5.74, 6) is -2.67. The van der Waals surface area contributed by atoms with Crippen LogP contribution >= 0.6 is 0 Å². The Balaban J connectivity index is 1.49. The molecule has 0 radical (unpaired) electrons. The second-order valence-corrected chi connectivity index (χ2v) is 10.7. The van der Waals surface area contributed by atoms with Gasteiger partial charge in [-0.3, -0.25) is 24.0 Å². The summed E-state index contributed by atoms with van der Waals surface area (Å²) in [7, 11) is 0. The van der Waals surface area contributed by atoms with Gasteiger partial charge in [0.05, 0.1) is 19.1 Å². The third-order valence-electron chi connectivity index (χ3n) is 6.87. The first-order chi connectivity index (χ1) is 21.5. The SMILES string of the molecule is Cc1ccc(C[C@H](NC(=O)CNC(=O)[C@@H](C)NC(=O)[C@@H](N)Cc2ccc(O)cc2)C(=O)NCC(=O)NCc2ccccc2)cc1. The van der Waals surface area contributed by atoms with Crippen LogP contribution in [0.3, 0.4) is 0 Å². The highest BCUT2D eigenvalue weighted by Crippen LogP contribution is 2.11. The summed E-state index contributed by atoms with van der Waals surface area (Å²) in [5.41, 5.74) is 9.44. The van der Waals surface area contributed by atoms with E-state index in [1.807, 2.05) is 61.5 Å². The number of phenolic OH excluding ortho intramolecular Hbond substituents is 1. The first kappa shape index (κ1) is 34.3. The fourth-order valence-corrected chi connectivity index (χ4v) is 4.25. The van der Waals surface area contributed by atoms with Crippen molar-refractivity contribution in [2.75, 3.05) is 13.1 Å².